The van der Waals surface area contributed by atoms with Gasteiger partial charge in [0.25, 0.3) is 0 Å². The van der Waals surface area contributed by atoms with Crippen molar-refractivity contribution in [3.05, 3.63) is 200 Å². The fraction of sp³-hybridized carbons (Fsp3) is 0. The van der Waals surface area contributed by atoms with Gasteiger partial charge in [0.15, 0.2) is 5.75 Å². The molecular formula is C48H33NO. The van der Waals surface area contributed by atoms with E-state index in [0.717, 1.165) is 61.9 Å². The Morgan fingerprint density at radius 2 is 0.640 bits per heavy atom. The van der Waals surface area contributed by atoms with Crippen molar-refractivity contribution in [1.29, 1.82) is 0 Å². The molecule has 0 unspecified atom stereocenters. The van der Waals surface area contributed by atoms with Gasteiger partial charge in [-0.05, 0) is 69.3 Å². The Bertz CT molecular complexity index is 2330. The molecule has 0 saturated heterocycles. The molecule has 1 aliphatic heterocycles. The second-order valence-electron chi connectivity index (χ2n) is 12.5. The Kier molecular flexibility index (Phi) is 7.53. The van der Waals surface area contributed by atoms with Crippen molar-refractivity contribution < 1.29 is 4.74 Å². The average Bonchev–Trinajstić information content (AvgIpc) is 3.35. The third-order valence-electron chi connectivity index (χ3n) is 9.51. The second kappa shape index (κ2) is 12.8. The maximum atomic E-state index is 7.27. The molecule has 2 nitrogen and oxygen atoms in total. The zero-order valence-electron chi connectivity index (χ0n) is 27.4. The number of rotatable bonds is 6. The van der Waals surface area contributed by atoms with Gasteiger partial charge < -0.3 is 9.64 Å². The smallest absolute Gasteiger partial charge is 0.159 e. The first-order chi connectivity index (χ1) is 24.8. The van der Waals surface area contributed by atoms with E-state index in [1.807, 2.05) is 0 Å². The maximum Gasteiger partial charge on any atom is 0.159 e. The van der Waals surface area contributed by atoms with E-state index in [2.05, 4.69) is 205 Å². The second-order valence-corrected chi connectivity index (χ2v) is 12.5. The van der Waals surface area contributed by atoms with Crippen LogP contribution >= 0.6 is 0 Å². The van der Waals surface area contributed by atoms with Crippen LogP contribution in [0.2, 0.25) is 0 Å². The number of benzene rings is 8. The molecule has 0 N–H and O–H groups in total. The molecule has 0 bridgehead atoms. The summed E-state index contributed by atoms with van der Waals surface area (Å²) in [5, 5.41) is 0. The highest BCUT2D eigenvalue weighted by Gasteiger charge is 2.28. The zero-order valence-corrected chi connectivity index (χ0v) is 27.4. The summed E-state index contributed by atoms with van der Waals surface area (Å²) in [6, 6.07) is 70.8. The highest BCUT2D eigenvalue weighted by molar-refractivity contribution is 5.97. The quantitative estimate of drug-likeness (QED) is 0.179. The van der Waals surface area contributed by atoms with Gasteiger partial charge in [-0.2, -0.15) is 0 Å². The van der Waals surface area contributed by atoms with Crippen LogP contribution in [0, 0.1) is 0 Å². The number of hydrogen-bond donors (Lipinski definition) is 0. The third-order valence-corrected chi connectivity index (χ3v) is 9.51. The molecule has 8 aromatic carbocycles. The summed E-state index contributed by atoms with van der Waals surface area (Å²) in [6.07, 6.45) is 0. The minimum absolute atomic E-state index is 0.821. The molecule has 0 saturated carbocycles. The van der Waals surface area contributed by atoms with Crippen molar-refractivity contribution in [3.63, 3.8) is 0 Å². The lowest BCUT2D eigenvalue weighted by Crippen LogP contribution is -2.11. The Labute approximate surface area is 293 Å². The van der Waals surface area contributed by atoms with Crippen molar-refractivity contribution in [3.8, 4) is 67.1 Å². The lowest BCUT2D eigenvalue weighted by Gasteiger charge is -2.29. The monoisotopic (exact) mass is 639 g/mol. The van der Waals surface area contributed by atoms with Gasteiger partial charge in [0.1, 0.15) is 5.75 Å². The summed E-state index contributed by atoms with van der Waals surface area (Å²) in [7, 11) is 0. The highest BCUT2D eigenvalue weighted by Crippen LogP contribution is 2.54. The van der Waals surface area contributed by atoms with Gasteiger partial charge in [-0.1, -0.05) is 170 Å². The Morgan fingerprint density at radius 3 is 1.16 bits per heavy atom. The Morgan fingerprint density at radius 1 is 0.260 bits per heavy atom. The van der Waals surface area contributed by atoms with Crippen LogP contribution in [-0.4, -0.2) is 0 Å². The Balaban J connectivity index is 1.25. The summed E-state index contributed by atoms with van der Waals surface area (Å²) < 4.78 is 7.27. The van der Waals surface area contributed by atoms with Crippen LogP contribution in [0.4, 0.5) is 17.1 Å². The molecule has 0 radical (unpaired) electrons. The van der Waals surface area contributed by atoms with Crippen LogP contribution in [0.5, 0.6) is 11.5 Å². The number of ether oxygens (including phenoxy) is 1. The van der Waals surface area contributed by atoms with E-state index in [-0.39, 0.29) is 0 Å². The van der Waals surface area contributed by atoms with Crippen molar-refractivity contribution in [2.75, 3.05) is 4.90 Å². The fourth-order valence-electron chi connectivity index (χ4n) is 7.07. The third kappa shape index (κ3) is 5.34. The van der Waals surface area contributed by atoms with Crippen LogP contribution in [0.3, 0.4) is 0 Å². The topological polar surface area (TPSA) is 12.5 Å². The molecule has 0 spiro atoms. The van der Waals surface area contributed by atoms with Gasteiger partial charge in [0.2, 0.25) is 0 Å². The van der Waals surface area contributed by atoms with E-state index in [1.54, 1.807) is 0 Å². The average molecular weight is 640 g/mol. The van der Waals surface area contributed by atoms with E-state index in [0.29, 0.717) is 0 Å². The van der Waals surface area contributed by atoms with Gasteiger partial charge in [-0.15, -0.1) is 0 Å². The molecule has 0 aromatic heterocycles. The molecule has 0 fully saturated rings. The number of hydrogen-bond acceptors (Lipinski definition) is 2. The molecular weight excluding hydrogens is 607 g/mol. The van der Waals surface area contributed by atoms with Gasteiger partial charge >= 0.3 is 0 Å². The van der Waals surface area contributed by atoms with Gasteiger partial charge in [-0.3, -0.25) is 0 Å². The van der Waals surface area contributed by atoms with E-state index < -0.39 is 0 Å². The van der Waals surface area contributed by atoms with Crippen molar-refractivity contribution in [1.82, 2.24) is 0 Å². The van der Waals surface area contributed by atoms with Gasteiger partial charge in [0.05, 0.1) is 5.69 Å². The lowest BCUT2D eigenvalue weighted by atomic mass is 9.92. The summed E-state index contributed by atoms with van der Waals surface area (Å²) in [4.78, 5) is 2.32. The molecule has 9 rings (SSSR count). The molecule has 2 heteroatoms. The first-order valence-electron chi connectivity index (χ1n) is 17.0. The zero-order chi connectivity index (χ0) is 33.3. The van der Waals surface area contributed by atoms with Gasteiger partial charge in [0, 0.05) is 28.1 Å². The summed E-state index contributed by atoms with van der Waals surface area (Å²) in [5.74, 6) is 1.68. The lowest BCUT2D eigenvalue weighted by molar-refractivity contribution is 0.490. The molecule has 50 heavy (non-hydrogen) atoms. The van der Waals surface area contributed by atoms with E-state index in [9.17, 15) is 0 Å². The normalized spacial score (nSPS) is 11.4. The van der Waals surface area contributed by atoms with Crippen LogP contribution in [0.15, 0.2) is 200 Å². The predicted octanol–water partition coefficient (Wildman–Crippen LogP) is 13.6. The first kappa shape index (κ1) is 29.5. The minimum Gasteiger partial charge on any atom is -0.453 e. The molecule has 0 aliphatic carbocycles. The summed E-state index contributed by atoms with van der Waals surface area (Å²) in [6.45, 7) is 0. The first-order valence-corrected chi connectivity index (χ1v) is 17.0. The number of para-hydroxylation sites is 2. The van der Waals surface area contributed by atoms with E-state index in [1.165, 1.54) is 22.3 Å². The van der Waals surface area contributed by atoms with Gasteiger partial charge in [-0.25, -0.2) is 0 Å². The largest absolute Gasteiger partial charge is 0.453 e. The predicted molar refractivity (Wildman–Crippen MR) is 208 cm³/mol. The summed E-state index contributed by atoms with van der Waals surface area (Å²) in [5.41, 5.74) is 14.4. The fourth-order valence-corrected chi connectivity index (χ4v) is 7.07. The van der Waals surface area contributed by atoms with Crippen molar-refractivity contribution in [2.24, 2.45) is 0 Å². The van der Waals surface area contributed by atoms with Crippen LogP contribution in [-0.2, 0) is 0 Å². The van der Waals surface area contributed by atoms with Crippen LogP contribution in [0.25, 0.3) is 55.6 Å². The Hall–Kier alpha value is -6.64. The minimum atomic E-state index is 0.821. The highest BCUT2D eigenvalue weighted by atomic mass is 16.5. The standard InChI is InChI=1S/C48H33NO/c1-4-14-34(15-5-1)36-26-30-39(31-27-36)49(40-32-28-37(29-33-40)35-16-6-2-7-17-35)46-25-13-24-45-43-21-11-10-20-42(43)44-23-12-22-41(47(44)50-48(45)46)38-18-8-3-9-19-38/h1-33H. The van der Waals surface area contributed by atoms with Crippen molar-refractivity contribution >= 4 is 17.1 Å². The number of anilines is 3. The number of nitrogens with zero attached hydrogens (tertiary/aromatic N) is 1. The molecule has 236 valence electrons. The molecule has 1 aliphatic rings. The molecule has 8 aromatic rings. The van der Waals surface area contributed by atoms with Crippen molar-refractivity contribution in [2.45, 2.75) is 0 Å². The molecule has 0 atom stereocenters. The molecule has 1 heterocycles. The van der Waals surface area contributed by atoms with E-state index in [4.69, 9.17) is 4.74 Å². The van der Waals surface area contributed by atoms with Crippen LogP contribution in [0.1, 0.15) is 0 Å². The van der Waals surface area contributed by atoms with Crippen LogP contribution < -0.4 is 9.64 Å². The summed E-state index contributed by atoms with van der Waals surface area (Å²) >= 11 is 0. The number of fused-ring (bicyclic) bond motifs is 5. The maximum absolute atomic E-state index is 7.27. The molecule has 0 amide bonds. The SMILES string of the molecule is c1ccc(-c2ccc(N(c3ccc(-c4ccccc4)cc3)c3cccc4c3Oc3c(-c5ccccc5)cccc3-c3ccccc3-4)cc2)cc1. The van der Waals surface area contributed by atoms with E-state index >= 15 is 0 Å².